The fourth-order valence-electron chi connectivity index (χ4n) is 3.09. The Kier molecular flexibility index (Phi) is 4.74. The van der Waals surface area contributed by atoms with E-state index in [1.54, 1.807) is 36.3 Å². The van der Waals surface area contributed by atoms with Gasteiger partial charge in [-0.3, -0.25) is 9.59 Å². The zero-order valence-electron chi connectivity index (χ0n) is 14.7. The van der Waals surface area contributed by atoms with Crippen LogP contribution in [0.4, 0.5) is 11.4 Å². The third kappa shape index (κ3) is 3.36. The number of carbonyl (C=O) groups excluding carboxylic acids is 2. The van der Waals surface area contributed by atoms with Crippen molar-refractivity contribution in [1.82, 2.24) is 0 Å². The van der Waals surface area contributed by atoms with Crippen LogP contribution in [0.15, 0.2) is 42.5 Å². The van der Waals surface area contributed by atoms with Gasteiger partial charge < -0.3 is 15.0 Å². The largest absolute Gasteiger partial charge is 0.497 e. The van der Waals surface area contributed by atoms with Crippen molar-refractivity contribution in [1.29, 1.82) is 0 Å². The van der Waals surface area contributed by atoms with Gasteiger partial charge in [0.1, 0.15) is 11.7 Å². The first-order chi connectivity index (χ1) is 12.0. The second kappa shape index (κ2) is 6.97. The highest BCUT2D eigenvalue weighted by Gasteiger charge is 2.38. The molecule has 1 saturated heterocycles. The molecule has 2 amide bonds. The molecule has 25 heavy (non-hydrogen) atoms. The predicted octanol–water partition coefficient (Wildman–Crippen LogP) is 3.30. The summed E-state index contributed by atoms with van der Waals surface area (Å²) in [6.07, 6.45) is 0.522. The van der Waals surface area contributed by atoms with Crippen molar-refractivity contribution in [3.63, 3.8) is 0 Å². The van der Waals surface area contributed by atoms with Crippen molar-refractivity contribution in [2.24, 2.45) is 5.92 Å². The van der Waals surface area contributed by atoms with Crippen LogP contribution in [-0.4, -0.2) is 25.5 Å². The van der Waals surface area contributed by atoms with Gasteiger partial charge in [0.05, 0.1) is 7.11 Å². The number of amides is 2. The van der Waals surface area contributed by atoms with Crippen molar-refractivity contribution in [3.05, 3.63) is 53.6 Å². The summed E-state index contributed by atoms with van der Waals surface area (Å²) >= 11 is 0. The minimum atomic E-state index is -0.651. The zero-order chi connectivity index (χ0) is 18.0. The smallest absolute Gasteiger partial charge is 0.239 e. The number of benzene rings is 2. The van der Waals surface area contributed by atoms with Crippen LogP contribution in [-0.2, 0) is 9.59 Å². The normalized spacial score (nSPS) is 16.8. The number of aryl methyl sites for hydroxylation is 1. The lowest BCUT2D eigenvalue weighted by molar-refractivity contribution is -0.129. The molecule has 1 atom stereocenters. The SMILES string of the molecule is COc1ccc(NC(=O)C2CCN(c3cccc(C)c3C)C2=O)cc1. The van der Waals surface area contributed by atoms with E-state index in [0.717, 1.165) is 22.6 Å². The monoisotopic (exact) mass is 338 g/mol. The summed E-state index contributed by atoms with van der Waals surface area (Å²) in [5.74, 6) is -0.333. The van der Waals surface area contributed by atoms with Gasteiger partial charge in [0, 0.05) is 17.9 Å². The van der Waals surface area contributed by atoms with Crippen LogP contribution in [0.1, 0.15) is 17.5 Å². The molecule has 0 radical (unpaired) electrons. The highest BCUT2D eigenvalue weighted by Crippen LogP contribution is 2.30. The van der Waals surface area contributed by atoms with Gasteiger partial charge in [-0.1, -0.05) is 12.1 Å². The number of nitrogens with zero attached hydrogens (tertiary/aromatic N) is 1. The quantitative estimate of drug-likeness (QED) is 0.870. The van der Waals surface area contributed by atoms with E-state index in [1.165, 1.54) is 0 Å². The van der Waals surface area contributed by atoms with Crippen LogP contribution in [0.25, 0.3) is 0 Å². The number of methoxy groups -OCH3 is 1. The Bertz CT molecular complexity index is 799. The van der Waals surface area contributed by atoms with Crippen LogP contribution < -0.4 is 15.0 Å². The van der Waals surface area contributed by atoms with Gasteiger partial charge in [0.25, 0.3) is 0 Å². The number of carbonyl (C=O) groups is 2. The van der Waals surface area contributed by atoms with Crippen LogP contribution in [0.5, 0.6) is 5.75 Å². The maximum atomic E-state index is 12.7. The van der Waals surface area contributed by atoms with Gasteiger partial charge in [-0.25, -0.2) is 0 Å². The Balaban J connectivity index is 1.72. The van der Waals surface area contributed by atoms with Crippen LogP contribution in [0.2, 0.25) is 0 Å². The predicted molar refractivity (Wildman–Crippen MR) is 98.0 cm³/mol. The van der Waals surface area contributed by atoms with E-state index in [2.05, 4.69) is 5.32 Å². The summed E-state index contributed by atoms with van der Waals surface area (Å²) in [5.41, 5.74) is 3.76. The van der Waals surface area contributed by atoms with Crippen LogP contribution in [0.3, 0.4) is 0 Å². The average Bonchev–Trinajstić information content (AvgIpc) is 2.99. The molecule has 1 aliphatic rings. The second-order valence-electron chi connectivity index (χ2n) is 6.27. The summed E-state index contributed by atoms with van der Waals surface area (Å²) in [7, 11) is 1.59. The van der Waals surface area contributed by atoms with Gasteiger partial charge in [-0.15, -0.1) is 0 Å². The molecule has 1 aliphatic heterocycles. The number of rotatable bonds is 4. The van der Waals surface area contributed by atoms with Crippen molar-refractivity contribution in [3.8, 4) is 5.75 Å². The lowest BCUT2D eigenvalue weighted by Crippen LogP contribution is -2.33. The van der Waals surface area contributed by atoms with E-state index in [1.807, 2.05) is 32.0 Å². The van der Waals surface area contributed by atoms with Crippen molar-refractivity contribution < 1.29 is 14.3 Å². The summed E-state index contributed by atoms with van der Waals surface area (Å²) in [6, 6.07) is 13.0. The van der Waals surface area contributed by atoms with Gasteiger partial charge in [-0.2, -0.15) is 0 Å². The number of hydrogen-bond acceptors (Lipinski definition) is 3. The van der Waals surface area contributed by atoms with E-state index in [0.29, 0.717) is 18.7 Å². The topological polar surface area (TPSA) is 58.6 Å². The molecule has 2 aromatic rings. The Morgan fingerprint density at radius 3 is 2.56 bits per heavy atom. The maximum absolute atomic E-state index is 12.7. The number of hydrogen-bond donors (Lipinski definition) is 1. The van der Waals surface area contributed by atoms with E-state index in [9.17, 15) is 9.59 Å². The maximum Gasteiger partial charge on any atom is 0.239 e. The summed E-state index contributed by atoms with van der Waals surface area (Å²) in [4.78, 5) is 27.0. The zero-order valence-corrected chi connectivity index (χ0v) is 14.7. The Morgan fingerprint density at radius 1 is 1.16 bits per heavy atom. The molecular formula is C20H22N2O3. The number of anilines is 2. The Hall–Kier alpha value is -2.82. The molecule has 5 heteroatoms. The fourth-order valence-corrected chi connectivity index (χ4v) is 3.09. The van der Waals surface area contributed by atoms with Crippen molar-refractivity contribution in [2.75, 3.05) is 23.9 Å². The minimum absolute atomic E-state index is 0.139. The van der Waals surface area contributed by atoms with Gasteiger partial charge in [0.2, 0.25) is 11.8 Å². The molecule has 0 aliphatic carbocycles. The van der Waals surface area contributed by atoms with E-state index < -0.39 is 5.92 Å². The second-order valence-corrected chi connectivity index (χ2v) is 6.27. The lowest BCUT2D eigenvalue weighted by Gasteiger charge is -2.20. The molecular weight excluding hydrogens is 316 g/mol. The van der Waals surface area contributed by atoms with Crippen LogP contribution >= 0.6 is 0 Å². The molecule has 1 N–H and O–H groups in total. The minimum Gasteiger partial charge on any atom is -0.497 e. The van der Waals surface area contributed by atoms with Crippen LogP contribution in [0, 0.1) is 19.8 Å². The average molecular weight is 338 g/mol. The van der Waals surface area contributed by atoms with Crippen molar-refractivity contribution in [2.45, 2.75) is 20.3 Å². The highest BCUT2D eigenvalue weighted by molar-refractivity contribution is 6.13. The molecule has 5 nitrogen and oxygen atoms in total. The fraction of sp³-hybridized carbons (Fsp3) is 0.300. The molecule has 0 bridgehead atoms. The molecule has 1 fully saturated rings. The third-order valence-electron chi connectivity index (χ3n) is 4.75. The molecule has 1 heterocycles. The number of ether oxygens (including phenoxy) is 1. The third-order valence-corrected chi connectivity index (χ3v) is 4.75. The summed E-state index contributed by atoms with van der Waals surface area (Å²) in [5, 5.41) is 2.82. The van der Waals surface area contributed by atoms with Gasteiger partial charge in [-0.05, 0) is 61.7 Å². The molecule has 3 rings (SSSR count). The molecule has 2 aromatic carbocycles. The first-order valence-electron chi connectivity index (χ1n) is 8.34. The molecule has 130 valence electrons. The lowest BCUT2D eigenvalue weighted by atomic mass is 10.1. The molecule has 1 unspecified atom stereocenters. The van der Waals surface area contributed by atoms with Gasteiger partial charge in [0.15, 0.2) is 0 Å². The van der Waals surface area contributed by atoms with Crippen molar-refractivity contribution >= 4 is 23.2 Å². The molecule has 0 spiro atoms. The van der Waals surface area contributed by atoms with E-state index in [-0.39, 0.29) is 11.8 Å². The standard InChI is InChI=1S/C20H22N2O3/c1-13-5-4-6-18(14(13)2)22-12-11-17(20(22)24)19(23)21-15-7-9-16(25-3)10-8-15/h4-10,17H,11-12H2,1-3H3,(H,21,23). The summed E-state index contributed by atoms with van der Waals surface area (Å²) < 4.78 is 5.10. The Morgan fingerprint density at radius 2 is 1.88 bits per heavy atom. The van der Waals surface area contributed by atoms with E-state index in [4.69, 9.17) is 4.74 Å². The molecule has 0 aromatic heterocycles. The first kappa shape index (κ1) is 17.0. The summed E-state index contributed by atoms with van der Waals surface area (Å²) in [6.45, 7) is 4.58. The van der Waals surface area contributed by atoms with E-state index >= 15 is 0 Å². The Labute approximate surface area is 147 Å². The first-order valence-corrected chi connectivity index (χ1v) is 8.34. The molecule has 0 saturated carbocycles. The highest BCUT2D eigenvalue weighted by atomic mass is 16.5. The van der Waals surface area contributed by atoms with Gasteiger partial charge >= 0.3 is 0 Å². The number of nitrogens with one attached hydrogen (secondary N) is 1.